The second-order valence-electron chi connectivity index (χ2n) is 2.60. The molecule has 0 aromatic heterocycles. The monoisotopic (exact) mass is 177 g/mol. The predicted octanol–water partition coefficient (Wildman–Crippen LogP) is 0.801. The van der Waals surface area contributed by atoms with E-state index in [0.29, 0.717) is 0 Å². The van der Waals surface area contributed by atoms with Gasteiger partial charge in [-0.25, -0.2) is 0 Å². The smallest absolute Gasteiger partial charge is 0.305 e. The van der Waals surface area contributed by atoms with Crippen LogP contribution in [0.25, 0.3) is 0 Å². The molecular weight excluding hydrogens is 166 g/mol. The van der Waals surface area contributed by atoms with Crippen LogP contribution in [-0.2, 0) is 4.79 Å². The lowest BCUT2D eigenvalue weighted by Crippen LogP contribution is -2.24. The highest BCUT2D eigenvalue weighted by molar-refractivity contribution is 5.85. The molecule has 0 fully saturated rings. The van der Waals surface area contributed by atoms with Crippen molar-refractivity contribution < 1.29 is 9.90 Å². The molecule has 0 spiro atoms. The zero-order valence-electron chi connectivity index (χ0n) is 6.33. The molecule has 1 atom stereocenters. The van der Waals surface area contributed by atoms with E-state index >= 15 is 0 Å². The van der Waals surface area contributed by atoms with Crippen LogP contribution >= 0.6 is 12.4 Å². The third-order valence-corrected chi connectivity index (χ3v) is 1.52. The molecule has 1 aliphatic heterocycles. The molecule has 1 unspecified atom stereocenters. The lowest BCUT2D eigenvalue weighted by Gasteiger charge is -2.02. The van der Waals surface area contributed by atoms with Gasteiger partial charge in [-0.3, -0.25) is 4.79 Å². The van der Waals surface area contributed by atoms with E-state index in [9.17, 15) is 4.79 Å². The second-order valence-corrected chi connectivity index (χ2v) is 2.60. The first-order valence-electron chi connectivity index (χ1n) is 3.31. The van der Waals surface area contributed by atoms with Crippen molar-refractivity contribution in [3.8, 4) is 0 Å². The fourth-order valence-electron chi connectivity index (χ4n) is 1.07. The van der Waals surface area contributed by atoms with Crippen molar-refractivity contribution in [2.45, 2.75) is 19.4 Å². The van der Waals surface area contributed by atoms with Crippen LogP contribution in [0.4, 0.5) is 0 Å². The van der Waals surface area contributed by atoms with Gasteiger partial charge in [0.05, 0.1) is 6.42 Å². The third-order valence-electron chi connectivity index (χ3n) is 1.52. The Hall–Kier alpha value is -0.540. The van der Waals surface area contributed by atoms with E-state index in [4.69, 9.17) is 5.11 Å². The Labute approximate surface area is 71.9 Å². The fraction of sp³-hybridized carbons (Fsp3) is 0.571. The average Bonchev–Trinajstić information content (AvgIpc) is 2.13. The molecule has 64 valence electrons. The first-order valence-corrected chi connectivity index (χ1v) is 3.31. The van der Waals surface area contributed by atoms with E-state index in [2.05, 4.69) is 5.32 Å². The molecule has 1 aliphatic rings. The Morgan fingerprint density at radius 3 is 2.91 bits per heavy atom. The maximum Gasteiger partial charge on any atom is 0.305 e. The van der Waals surface area contributed by atoms with Crippen LogP contribution in [-0.4, -0.2) is 23.7 Å². The van der Waals surface area contributed by atoms with Gasteiger partial charge in [0.15, 0.2) is 0 Å². The summed E-state index contributed by atoms with van der Waals surface area (Å²) in [6, 6.07) is 0.0532. The van der Waals surface area contributed by atoms with E-state index in [1.165, 1.54) is 5.57 Å². The standard InChI is InChI=1S/C7H11NO2.ClH/c1-5-2-6(8-4-5)3-7(9)10;/h2,6,8H,3-4H2,1H3,(H,9,10);1H. The number of rotatable bonds is 2. The molecule has 0 aromatic carbocycles. The topological polar surface area (TPSA) is 49.3 Å². The maximum atomic E-state index is 10.2. The van der Waals surface area contributed by atoms with Gasteiger partial charge in [0, 0.05) is 12.6 Å². The van der Waals surface area contributed by atoms with Crippen LogP contribution in [0.1, 0.15) is 13.3 Å². The molecule has 0 saturated heterocycles. The molecule has 3 nitrogen and oxygen atoms in total. The summed E-state index contributed by atoms with van der Waals surface area (Å²) in [6.07, 6.45) is 2.16. The molecule has 4 heteroatoms. The molecule has 0 radical (unpaired) electrons. The number of aliphatic carboxylic acids is 1. The Morgan fingerprint density at radius 2 is 2.55 bits per heavy atom. The van der Waals surface area contributed by atoms with Gasteiger partial charge in [-0.1, -0.05) is 11.6 Å². The van der Waals surface area contributed by atoms with Crippen molar-refractivity contribution in [3.05, 3.63) is 11.6 Å². The molecule has 0 aliphatic carbocycles. The van der Waals surface area contributed by atoms with Crippen LogP contribution in [0.3, 0.4) is 0 Å². The van der Waals surface area contributed by atoms with Crippen LogP contribution in [0.15, 0.2) is 11.6 Å². The van der Waals surface area contributed by atoms with E-state index in [-0.39, 0.29) is 24.9 Å². The summed E-state index contributed by atoms with van der Waals surface area (Å²) >= 11 is 0. The zero-order chi connectivity index (χ0) is 7.56. The molecule has 0 saturated carbocycles. The van der Waals surface area contributed by atoms with E-state index < -0.39 is 5.97 Å². The summed E-state index contributed by atoms with van der Waals surface area (Å²) < 4.78 is 0. The van der Waals surface area contributed by atoms with Gasteiger partial charge in [-0.05, 0) is 6.92 Å². The van der Waals surface area contributed by atoms with Crippen molar-refractivity contribution in [3.63, 3.8) is 0 Å². The van der Waals surface area contributed by atoms with Gasteiger partial charge >= 0.3 is 5.97 Å². The number of hydrogen-bond donors (Lipinski definition) is 2. The predicted molar refractivity (Wildman–Crippen MR) is 45.0 cm³/mol. The summed E-state index contributed by atoms with van der Waals surface area (Å²) in [5.41, 5.74) is 1.23. The second kappa shape index (κ2) is 4.36. The molecule has 0 amide bonds. The zero-order valence-corrected chi connectivity index (χ0v) is 7.15. The minimum absolute atomic E-state index is 0. The summed E-state index contributed by atoms with van der Waals surface area (Å²) in [5.74, 6) is -0.747. The Kier molecular flexibility index (Phi) is 4.15. The first-order chi connectivity index (χ1) is 4.68. The van der Waals surface area contributed by atoms with E-state index in [1.54, 1.807) is 0 Å². The van der Waals surface area contributed by atoms with Crippen LogP contribution in [0.5, 0.6) is 0 Å². The van der Waals surface area contributed by atoms with Gasteiger partial charge in [0.2, 0.25) is 0 Å². The molecule has 11 heavy (non-hydrogen) atoms. The quantitative estimate of drug-likeness (QED) is 0.614. The number of halogens is 1. The highest BCUT2D eigenvalue weighted by Gasteiger charge is 2.14. The number of carboxylic acids is 1. The first kappa shape index (κ1) is 10.5. The van der Waals surface area contributed by atoms with Crippen LogP contribution in [0.2, 0.25) is 0 Å². The lowest BCUT2D eigenvalue weighted by molar-refractivity contribution is -0.137. The number of carboxylic acid groups (broad SMARTS) is 1. The third kappa shape index (κ3) is 3.39. The van der Waals surface area contributed by atoms with Gasteiger partial charge in [-0.2, -0.15) is 0 Å². The molecule has 0 bridgehead atoms. The number of hydrogen-bond acceptors (Lipinski definition) is 2. The number of nitrogens with one attached hydrogen (secondary N) is 1. The van der Waals surface area contributed by atoms with Gasteiger partial charge in [-0.15, -0.1) is 12.4 Å². The van der Waals surface area contributed by atoms with Crippen molar-refractivity contribution in [2.24, 2.45) is 0 Å². The molecule has 2 N–H and O–H groups in total. The van der Waals surface area contributed by atoms with Gasteiger partial charge < -0.3 is 10.4 Å². The lowest BCUT2D eigenvalue weighted by atomic mass is 10.2. The highest BCUT2D eigenvalue weighted by Crippen LogP contribution is 2.06. The minimum atomic E-state index is -0.747. The summed E-state index contributed by atoms with van der Waals surface area (Å²) in [4.78, 5) is 10.2. The normalized spacial score (nSPS) is 22.3. The Bertz CT molecular complexity index is 179. The minimum Gasteiger partial charge on any atom is -0.481 e. The summed E-state index contributed by atoms with van der Waals surface area (Å²) in [6.45, 7) is 2.83. The SMILES string of the molecule is CC1=CC(CC(=O)O)NC1.Cl. The maximum absolute atomic E-state index is 10.2. The van der Waals surface area contributed by atoms with Crippen LogP contribution in [0, 0.1) is 0 Å². The Morgan fingerprint density at radius 1 is 1.91 bits per heavy atom. The summed E-state index contributed by atoms with van der Waals surface area (Å²) in [5, 5.41) is 11.5. The molecule has 1 heterocycles. The highest BCUT2D eigenvalue weighted by atomic mass is 35.5. The largest absolute Gasteiger partial charge is 0.481 e. The summed E-state index contributed by atoms with van der Waals surface area (Å²) in [7, 11) is 0. The van der Waals surface area contributed by atoms with Crippen molar-refractivity contribution in [1.82, 2.24) is 5.32 Å². The van der Waals surface area contributed by atoms with E-state index in [0.717, 1.165) is 6.54 Å². The molecular formula is C7H12ClNO2. The number of carbonyl (C=O) groups is 1. The van der Waals surface area contributed by atoms with Gasteiger partial charge in [0.25, 0.3) is 0 Å². The fourth-order valence-corrected chi connectivity index (χ4v) is 1.07. The molecule has 1 rings (SSSR count). The van der Waals surface area contributed by atoms with E-state index in [1.807, 2.05) is 13.0 Å². The van der Waals surface area contributed by atoms with Crippen LogP contribution < -0.4 is 5.32 Å². The molecule has 0 aromatic rings. The Balaban J connectivity index is 0.000001000. The van der Waals surface area contributed by atoms with Gasteiger partial charge in [0.1, 0.15) is 0 Å². The van der Waals surface area contributed by atoms with Crippen molar-refractivity contribution in [1.29, 1.82) is 0 Å². The van der Waals surface area contributed by atoms with Crippen molar-refractivity contribution in [2.75, 3.05) is 6.54 Å². The van der Waals surface area contributed by atoms with Crippen molar-refractivity contribution >= 4 is 18.4 Å². The average molecular weight is 178 g/mol.